The van der Waals surface area contributed by atoms with E-state index in [9.17, 15) is 0 Å². The highest BCUT2D eigenvalue weighted by Crippen LogP contribution is 2.20. The lowest BCUT2D eigenvalue weighted by molar-refractivity contribution is 0.272. The van der Waals surface area contributed by atoms with Gasteiger partial charge in [0.2, 0.25) is 0 Å². The first-order valence-electron chi connectivity index (χ1n) is 7.49. The van der Waals surface area contributed by atoms with Crippen LogP contribution in [0.15, 0.2) is 36.4 Å². The van der Waals surface area contributed by atoms with Crippen LogP contribution in [0.1, 0.15) is 19.3 Å². The van der Waals surface area contributed by atoms with Crippen molar-refractivity contribution in [2.45, 2.75) is 19.3 Å². The molecule has 21 heavy (non-hydrogen) atoms. The number of nitrogens with zero attached hydrogens (tertiary/aromatic N) is 3. The molecule has 5 heteroatoms. The fourth-order valence-electron chi connectivity index (χ4n) is 2.52. The van der Waals surface area contributed by atoms with Crippen molar-refractivity contribution >= 4 is 11.6 Å². The molecule has 0 aliphatic carbocycles. The van der Waals surface area contributed by atoms with Crippen LogP contribution in [0.4, 0.5) is 11.6 Å². The number of piperidine rings is 1. The Bertz CT molecular complexity index is 578. The van der Waals surface area contributed by atoms with Gasteiger partial charge in [0.1, 0.15) is 11.6 Å². The Labute approximate surface area is 125 Å². The standard InChI is InChI=1S/C16H21N5/c1-17-14-12-15(20-21-10-6-3-7-11-21)19-16(18-14)13-8-4-2-5-9-13/h2,4-5,8-9,12H,3,6-7,10-11H2,1H3,(H2,17,18,19,20). The van der Waals surface area contributed by atoms with Crippen molar-refractivity contribution < 1.29 is 0 Å². The molecule has 3 rings (SSSR count). The molecule has 0 saturated carbocycles. The van der Waals surface area contributed by atoms with Crippen molar-refractivity contribution in [3.05, 3.63) is 36.4 Å². The number of nitrogens with one attached hydrogen (secondary N) is 2. The van der Waals surface area contributed by atoms with Crippen molar-refractivity contribution in [3.8, 4) is 11.4 Å². The van der Waals surface area contributed by atoms with Gasteiger partial charge >= 0.3 is 0 Å². The van der Waals surface area contributed by atoms with Crippen LogP contribution < -0.4 is 10.7 Å². The van der Waals surface area contributed by atoms with Gasteiger partial charge in [-0.1, -0.05) is 36.8 Å². The van der Waals surface area contributed by atoms with E-state index >= 15 is 0 Å². The maximum absolute atomic E-state index is 4.64. The van der Waals surface area contributed by atoms with Gasteiger partial charge in [-0.25, -0.2) is 15.0 Å². The Kier molecular flexibility index (Phi) is 4.31. The van der Waals surface area contributed by atoms with Gasteiger partial charge in [-0.3, -0.25) is 0 Å². The van der Waals surface area contributed by atoms with Crippen molar-refractivity contribution in [3.63, 3.8) is 0 Å². The first-order chi connectivity index (χ1) is 10.3. The fourth-order valence-corrected chi connectivity index (χ4v) is 2.52. The Morgan fingerprint density at radius 2 is 1.67 bits per heavy atom. The van der Waals surface area contributed by atoms with E-state index in [1.54, 1.807) is 0 Å². The van der Waals surface area contributed by atoms with E-state index in [1.165, 1.54) is 19.3 Å². The first kappa shape index (κ1) is 13.8. The van der Waals surface area contributed by atoms with E-state index in [2.05, 4.69) is 25.7 Å². The van der Waals surface area contributed by atoms with Gasteiger partial charge in [-0.05, 0) is 12.8 Å². The molecule has 110 valence electrons. The summed E-state index contributed by atoms with van der Waals surface area (Å²) >= 11 is 0. The smallest absolute Gasteiger partial charge is 0.163 e. The van der Waals surface area contributed by atoms with Crippen molar-refractivity contribution in [1.82, 2.24) is 15.0 Å². The molecule has 0 unspecified atom stereocenters. The number of rotatable bonds is 4. The predicted octanol–water partition coefficient (Wildman–Crippen LogP) is 3.00. The average Bonchev–Trinajstić information content (AvgIpc) is 2.56. The molecule has 0 bridgehead atoms. The Balaban J connectivity index is 1.86. The molecular weight excluding hydrogens is 262 g/mol. The minimum Gasteiger partial charge on any atom is -0.373 e. The van der Waals surface area contributed by atoms with Crippen LogP contribution >= 0.6 is 0 Å². The molecular formula is C16H21N5. The van der Waals surface area contributed by atoms with Crippen LogP contribution in [-0.2, 0) is 0 Å². The lowest BCUT2D eigenvalue weighted by atomic mass is 10.2. The number of aromatic nitrogens is 2. The molecule has 5 nitrogen and oxygen atoms in total. The van der Waals surface area contributed by atoms with Gasteiger partial charge in [-0.2, -0.15) is 0 Å². The first-order valence-corrected chi connectivity index (χ1v) is 7.49. The molecule has 1 aromatic heterocycles. The topological polar surface area (TPSA) is 53.1 Å². The second kappa shape index (κ2) is 6.54. The monoisotopic (exact) mass is 283 g/mol. The fraction of sp³-hybridized carbons (Fsp3) is 0.375. The highest BCUT2D eigenvalue weighted by molar-refractivity contribution is 5.60. The van der Waals surface area contributed by atoms with Gasteiger partial charge in [0.15, 0.2) is 5.82 Å². The van der Waals surface area contributed by atoms with Gasteiger partial charge in [0.25, 0.3) is 0 Å². The SMILES string of the molecule is CNc1cc(NN2CCCCC2)nc(-c2ccccc2)n1. The molecule has 0 amide bonds. The predicted molar refractivity (Wildman–Crippen MR) is 86.1 cm³/mol. The van der Waals surface area contributed by atoms with Crippen LogP contribution in [0, 0.1) is 0 Å². The third-order valence-corrected chi connectivity index (χ3v) is 3.64. The summed E-state index contributed by atoms with van der Waals surface area (Å²) in [5, 5.41) is 5.34. The summed E-state index contributed by atoms with van der Waals surface area (Å²) in [7, 11) is 1.88. The maximum atomic E-state index is 4.64. The summed E-state index contributed by atoms with van der Waals surface area (Å²) in [4.78, 5) is 9.18. The van der Waals surface area contributed by atoms with E-state index in [1.807, 2.05) is 43.4 Å². The highest BCUT2D eigenvalue weighted by Gasteiger charge is 2.12. The van der Waals surface area contributed by atoms with E-state index in [0.717, 1.165) is 36.1 Å². The largest absolute Gasteiger partial charge is 0.373 e. The summed E-state index contributed by atoms with van der Waals surface area (Å²) in [6.07, 6.45) is 3.80. The minimum absolute atomic E-state index is 0.738. The van der Waals surface area contributed by atoms with Crippen molar-refractivity contribution in [1.29, 1.82) is 0 Å². The van der Waals surface area contributed by atoms with E-state index in [-0.39, 0.29) is 0 Å². The summed E-state index contributed by atoms with van der Waals surface area (Å²) in [6.45, 7) is 2.14. The summed E-state index contributed by atoms with van der Waals surface area (Å²) in [6, 6.07) is 12.0. The van der Waals surface area contributed by atoms with E-state index < -0.39 is 0 Å². The van der Waals surface area contributed by atoms with Crippen LogP contribution in [0.3, 0.4) is 0 Å². The molecule has 1 saturated heterocycles. The van der Waals surface area contributed by atoms with Gasteiger partial charge in [0, 0.05) is 31.8 Å². The summed E-state index contributed by atoms with van der Waals surface area (Å²) < 4.78 is 0. The Morgan fingerprint density at radius 3 is 2.38 bits per heavy atom. The van der Waals surface area contributed by atoms with Gasteiger partial charge < -0.3 is 10.7 Å². The molecule has 1 aromatic carbocycles. The summed E-state index contributed by atoms with van der Waals surface area (Å²) in [5.74, 6) is 2.40. The molecule has 1 aliphatic rings. The lowest BCUT2D eigenvalue weighted by Gasteiger charge is -2.27. The minimum atomic E-state index is 0.738. The molecule has 2 heterocycles. The van der Waals surface area contributed by atoms with Crippen LogP contribution in [0.5, 0.6) is 0 Å². The molecule has 2 aromatic rings. The molecule has 2 N–H and O–H groups in total. The maximum Gasteiger partial charge on any atom is 0.163 e. The van der Waals surface area contributed by atoms with Crippen molar-refractivity contribution in [2.75, 3.05) is 30.9 Å². The van der Waals surface area contributed by atoms with Crippen LogP contribution in [0.2, 0.25) is 0 Å². The van der Waals surface area contributed by atoms with Gasteiger partial charge in [0.05, 0.1) is 0 Å². The second-order valence-corrected chi connectivity index (χ2v) is 5.24. The number of hydrogen-bond acceptors (Lipinski definition) is 5. The zero-order chi connectivity index (χ0) is 14.5. The average molecular weight is 283 g/mol. The molecule has 0 spiro atoms. The molecule has 1 aliphatic heterocycles. The number of hydrogen-bond donors (Lipinski definition) is 2. The third-order valence-electron chi connectivity index (χ3n) is 3.64. The number of anilines is 2. The quantitative estimate of drug-likeness (QED) is 0.903. The third kappa shape index (κ3) is 3.49. The highest BCUT2D eigenvalue weighted by atomic mass is 15.5. The van der Waals surface area contributed by atoms with Crippen molar-refractivity contribution in [2.24, 2.45) is 0 Å². The normalized spacial score (nSPS) is 15.7. The van der Waals surface area contributed by atoms with Crippen LogP contribution in [-0.4, -0.2) is 35.1 Å². The zero-order valence-corrected chi connectivity index (χ0v) is 12.3. The molecule has 1 fully saturated rings. The molecule has 0 radical (unpaired) electrons. The number of benzene rings is 1. The van der Waals surface area contributed by atoms with Crippen LogP contribution in [0.25, 0.3) is 11.4 Å². The Morgan fingerprint density at radius 1 is 0.952 bits per heavy atom. The van der Waals surface area contributed by atoms with E-state index in [0.29, 0.717) is 0 Å². The van der Waals surface area contributed by atoms with Gasteiger partial charge in [-0.15, -0.1) is 0 Å². The van der Waals surface area contributed by atoms with E-state index in [4.69, 9.17) is 0 Å². The lowest BCUT2D eigenvalue weighted by Crippen LogP contribution is -2.35. The second-order valence-electron chi connectivity index (χ2n) is 5.24. The zero-order valence-electron chi connectivity index (χ0n) is 12.3. The molecule has 0 atom stereocenters. The number of hydrazine groups is 1. The summed E-state index contributed by atoms with van der Waals surface area (Å²) in [5.41, 5.74) is 4.43. The Hall–Kier alpha value is -2.14.